The third kappa shape index (κ3) is 5.76. The fourth-order valence-corrected chi connectivity index (χ4v) is 2.22. The third-order valence-electron chi connectivity index (χ3n) is 2.52. The lowest BCUT2D eigenvalue weighted by atomic mass is 10.1. The van der Waals surface area contributed by atoms with E-state index in [0.29, 0.717) is 13.0 Å². The van der Waals surface area contributed by atoms with Gasteiger partial charge in [-0.15, -0.1) is 24.2 Å². The molecule has 0 unspecified atom stereocenters. The Morgan fingerprint density at radius 2 is 2.11 bits per heavy atom. The van der Waals surface area contributed by atoms with E-state index >= 15 is 0 Å². The van der Waals surface area contributed by atoms with Crippen LogP contribution in [-0.4, -0.2) is 25.8 Å². The number of hydrogen-bond acceptors (Lipinski definition) is 3. The van der Waals surface area contributed by atoms with E-state index < -0.39 is 0 Å². The Morgan fingerprint density at radius 3 is 2.72 bits per heavy atom. The van der Waals surface area contributed by atoms with Crippen molar-refractivity contribution in [1.29, 1.82) is 0 Å². The molecule has 0 atom stereocenters. The van der Waals surface area contributed by atoms with Gasteiger partial charge in [0.2, 0.25) is 5.91 Å². The summed E-state index contributed by atoms with van der Waals surface area (Å²) in [6.45, 7) is 3.41. The molecule has 1 aromatic rings. The van der Waals surface area contributed by atoms with Crippen molar-refractivity contribution >= 4 is 30.1 Å². The minimum absolute atomic E-state index is 0. The van der Waals surface area contributed by atoms with Crippen LogP contribution in [0.5, 0.6) is 0 Å². The van der Waals surface area contributed by atoms with Gasteiger partial charge >= 0.3 is 0 Å². The summed E-state index contributed by atoms with van der Waals surface area (Å²) in [7, 11) is 1.85. The van der Waals surface area contributed by atoms with Gasteiger partial charge in [-0.3, -0.25) is 4.79 Å². The minimum atomic E-state index is 0. The second kappa shape index (κ2) is 9.25. The molecule has 102 valence electrons. The van der Waals surface area contributed by atoms with Gasteiger partial charge in [-0.05, 0) is 37.4 Å². The smallest absolute Gasteiger partial charge is 0.221 e. The predicted molar refractivity (Wildman–Crippen MR) is 80.6 cm³/mol. The number of nitrogens with one attached hydrogen (secondary N) is 2. The molecule has 0 saturated carbocycles. The summed E-state index contributed by atoms with van der Waals surface area (Å²) in [5.41, 5.74) is 2.43. The number of aryl methyl sites for hydroxylation is 1. The van der Waals surface area contributed by atoms with E-state index in [-0.39, 0.29) is 18.3 Å². The summed E-state index contributed by atoms with van der Waals surface area (Å²) in [5.74, 6) is 0.0898. The van der Waals surface area contributed by atoms with Crippen molar-refractivity contribution < 1.29 is 4.79 Å². The molecule has 1 aromatic carbocycles. The second-order valence-corrected chi connectivity index (χ2v) is 4.79. The maximum absolute atomic E-state index is 11.5. The molecular weight excluding hydrogens is 268 g/mol. The van der Waals surface area contributed by atoms with Crippen molar-refractivity contribution in [3.8, 4) is 0 Å². The van der Waals surface area contributed by atoms with Crippen molar-refractivity contribution in [3.63, 3.8) is 0 Å². The maximum atomic E-state index is 11.5. The number of benzene rings is 1. The molecule has 0 aromatic heterocycles. The highest BCUT2D eigenvalue weighted by Gasteiger charge is 2.04. The van der Waals surface area contributed by atoms with E-state index in [9.17, 15) is 4.79 Å². The molecule has 0 radical (unpaired) electrons. The van der Waals surface area contributed by atoms with Crippen LogP contribution in [0.2, 0.25) is 0 Å². The highest BCUT2D eigenvalue weighted by atomic mass is 35.5. The first-order chi connectivity index (χ1) is 8.17. The van der Waals surface area contributed by atoms with Crippen LogP contribution >= 0.6 is 24.2 Å². The highest BCUT2D eigenvalue weighted by Crippen LogP contribution is 2.21. The number of carbonyl (C=O) groups is 1. The fourth-order valence-electron chi connectivity index (χ4n) is 1.52. The zero-order valence-corrected chi connectivity index (χ0v) is 12.7. The SMILES string of the molecule is CNCCC(=O)NCc1ccc(C)cc1SC.Cl. The molecule has 0 bridgehead atoms. The van der Waals surface area contributed by atoms with Crippen LogP contribution in [0.15, 0.2) is 23.1 Å². The van der Waals surface area contributed by atoms with Crippen LogP contribution in [-0.2, 0) is 11.3 Å². The summed E-state index contributed by atoms with van der Waals surface area (Å²) in [6, 6.07) is 6.31. The summed E-state index contributed by atoms with van der Waals surface area (Å²) in [4.78, 5) is 12.7. The zero-order valence-electron chi connectivity index (χ0n) is 11.1. The first kappa shape index (κ1) is 17.3. The van der Waals surface area contributed by atoms with Crippen LogP contribution in [0.1, 0.15) is 17.5 Å². The zero-order chi connectivity index (χ0) is 12.7. The van der Waals surface area contributed by atoms with Gasteiger partial charge in [0.25, 0.3) is 0 Å². The lowest BCUT2D eigenvalue weighted by molar-refractivity contribution is -0.121. The fraction of sp³-hybridized carbons (Fsp3) is 0.462. The summed E-state index contributed by atoms with van der Waals surface area (Å²) < 4.78 is 0. The molecule has 0 spiro atoms. The first-order valence-corrected chi connectivity index (χ1v) is 6.94. The van der Waals surface area contributed by atoms with E-state index in [1.54, 1.807) is 11.8 Å². The van der Waals surface area contributed by atoms with Gasteiger partial charge in [-0.2, -0.15) is 0 Å². The van der Waals surface area contributed by atoms with Gasteiger partial charge in [0.1, 0.15) is 0 Å². The van der Waals surface area contributed by atoms with Gasteiger partial charge in [0.05, 0.1) is 0 Å². The van der Waals surface area contributed by atoms with Gasteiger partial charge in [-0.25, -0.2) is 0 Å². The molecule has 2 N–H and O–H groups in total. The Morgan fingerprint density at radius 1 is 1.39 bits per heavy atom. The van der Waals surface area contributed by atoms with Crippen molar-refractivity contribution in [2.24, 2.45) is 0 Å². The van der Waals surface area contributed by atoms with Gasteiger partial charge < -0.3 is 10.6 Å². The summed E-state index contributed by atoms with van der Waals surface area (Å²) in [6.07, 6.45) is 2.58. The number of halogens is 1. The number of amides is 1. The standard InChI is InChI=1S/C13H20N2OS.ClH/c1-10-4-5-11(12(8-10)17-3)9-15-13(16)6-7-14-2;/h4-5,8,14H,6-7,9H2,1-3H3,(H,15,16);1H. The van der Waals surface area contributed by atoms with E-state index in [1.807, 2.05) is 7.05 Å². The highest BCUT2D eigenvalue weighted by molar-refractivity contribution is 7.98. The van der Waals surface area contributed by atoms with Crippen molar-refractivity contribution in [2.75, 3.05) is 19.8 Å². The first-order valence-electron chi connectivity index (χ1n) is 5.72. The molecular formula is C13H21ClN2OS. The maximum Gasteiger partial charge on any atom is 0.221 e. The van der Waals surface area contributed by atoms with Crippen LogP contribution in [0.3, 0.4) is 0 Å². The molecule has 0 aliphatic rings. The van der Waals surface area contributed by atoms with Crippen LogP contribution < -0.4 is 10.6 Å². The van der Waals surface area contributed by atoms with Gasteiger partial charge in [0, 0.05) is 24.4 Å². The summed E-state index contributed by atoms with van der Waals surface area (Å²) in [5, 5.41) is 5.90. The Kier molecular flexibility index (Phi) is 8.89. The number of rotatable bonds is 6. The van der Waals surface area contributed by atoms with Crippen LogP contribution in [0.4, 0.5) is 0 Å². The second-order valence-electron chi connectivity index (χ2n) is 3.95. The van der Waals surface area contributed by atoms with E-state index in [0.717, 1.165) is 6.54 Å². The number of hydrogen-bond donors (Lipinski definition) is 2. The van der Waals surface area contributed by atoms with E-state index in [2.05, 4.69) is 42.0 Å². The molecule has 3 nitrogen and oxygen atoms in total. The molecule has 5 heteroatoms. The third-order valence-corrected chi connectivity index (χ3v) is 3.34. The Labute approximate surface area is 120 Å². The quantitative estimate of drug-likeness (QED) is 0.790. The number of carbonyl (C=O) groups excluding carboxylic acids is 1. The molecule has 1 rings (SSSR count). The largest absolute Gasteiger partial charge is 0.352 e. The van der Waals surface area contributed by atoms with Crippen molar-refractivity contribution in [3.05, 3.63) is 29.3 Å². The Hall–Kier alpha value is -0.710. The topological polar surface area (TPSA) is 41.1 Å². The number of thioether (sulfide) groups is 1. The van der Waals surface area contributed by atoms with E-state index in [4.69, 9.17) is 0 Å². The lowest BCUT2D eigenvalue weighted by Crippen LogP contribution is -2.26. The Balaban J connectivity index is 0.00000289. The van der Waals surface area contributed by atoms with Gasteiger partial charge in [0.15, 0.2) is 0 Å². The molecule has 0 aliphatic carbocycles. The molecule has 1 amide bonds. The summed E-state index contributed by atoms with van der Waals surface area (Å²) >= 11 is 1.72. The molecule has 0 fully saturated rings. The minimum Gasteiger partial charge on any atom is -0.352 e. The molecule has 0 saturated heterocycles. The molecule has 18 heavy (non-hydrogen) atoms. The molecule has 0 heterocycles. The normalized spacial score (nSPS) is 9.72. The lowest BCUT2D eigenvalue weighted by Gasteiger charge is -2.10. The Bertz CT molecular complexity index is 385. The van der Waals surface area contributed by atoms with Crippen LogP contribution in [0, 0.1) is 6.92 Å². The van der Waals surface area contributed by atoms with E-state index in [1.165, 1.54) is 16.0 Å². The predicted octanol–water partition coefficient (Wildman–Crippen LogP) is 2.36. The van der Waals surface area contributed by atoms with Crippen molar-refractivity contribution in [2.45, 2.75) is 24.8 Å². The average Bonchev–Trinajstić information content (AvgIpc) is 2.34. The molecule has 0 aliphatic heterocycles. The van der Waals surface area contributed by atoms with Crippen LogP contribution in [0.25, 0.3) is 0 Å². The monoisotopic (exact) mass is 288 g/mol. The van der Waals surface area contributed by atoms with Gasteiger partial charge in [-0.1, -0.05) is 12.1 Å². The average molecular weight is 289 g/mol. The van der Waals surface area contributed by atoms with Crippen molar-refractivity contribution in [1.82, 2.24) is 10.6 Å².